The third kappa shape index (κ3) is 4.39. The quantitative estimate of drug-likeness (QED) is 0.321. The maximum absolute atomic E-state index is 15.0. The van der Waals surface area contributed by atoms with E-state index in [9.17, 15) is 19.5 Å². The summed E-state index contributed by atoms with van der Waals surface area (Å²) in [4.78, 5) is 39.4. The van der Waals surface area contributed by atoms with Crippen LogP contribution in [-0.2, 0) is 32.3 Å². The first-order valence-corrected chi connectivity index (χ1v) is 17.8. The van der Waals surface area contributed by atoms with Gasteiger partial charge in [0, 0.05) is 0 Å². The molecule has 0 bridgehead atoms. The van der Waals surface area contributed by atoms with Gasteiger partial charge in [-0.1, -0.05) is 48.5 Å². The number of hydrogen-bond acceptors (Lipinski definition) is 5. The zero-order valence-corrected chi connectivity index (χ0v) is 30.0. The SMILES string of the molecule is COC(=O)c1cc(C(F)(F)F)c2c(c1C(=O)OC)C(C)(C)[C@@H]1CC[C@]3(C)[C@H](CC[C@@H]4[C@H]5[C@H](C(C)C)CC[C@]5(C(=O)O)CC[C@]43C)[C@@]1(C)C2. The lowest BCUT2D eigenvalue weighted by Crippen LogP contribution is -2.67. The van der Waals surface area contributed by atoms with Gasteiger partial charge >= 0.3 is 24.1 Å². The van der Waals surface area contributed by atoms with Crippen molar-refractivity contribution in [3.8, 4) is 0 Å². The molecule has 4 fully saturated rings. The molecule has 6 nitrogen and oxygen atoms in total. The van der Waals surface area contributed by atoms with E-state index in [4.69, 9.17) is 9.47 Å². The van der Waals surface area contributed by atoms with Crippen molar-refractivity contribution in [1.82, 2.24) is 0 Å². The third-order valence-electron chi connectivity index (χ3n) is 15.6. The Morgan fingerprint density at radius 1 is 0.854 bits per heavy atom. The number of carboxylic acids is 1. The molecule has 0 radical (unpaired) electrons. The fraction of sp³-hybridized carbons (Fsp3) is 0.769. The first-order valence-electron chi connectivity index (χ1n) is 17.8. The van der Waals surface area contributed by atoms with Gasteiger partial charge < -0.3 is 14.6 Å². The number of carbonyl (C=O) groups is 3. The summed E-state index contributed by atoms with van der Waals surface area (Å²) < 4.78 is 55.1. The highest BCUT2D eigenvalue weighted by Gasteiger charge is 2.72. The van der Waals surface area contributed by atoms with Gasteiger partial charge in [-0.2, -0.15) is 13.2 Å². The topological polar surface area (TPSA) is 89.9 Å². The van der Waals surface area contributed by atoms with Crippen LogP contribution in [0.15, 0.2) is 6.07 Å². The molecule has 9 heteroatoms. The Morgan fingerprint density at radius 3 is 2.06 bits per heavy atom. The first-order chi connectivity index (χ1) is 22.2. The van der Waals surface area contributed by atoms with Crippen LogP contribution in [-0.4, -0.2) is 37.2 Å². The molecule has 9 atom stereocenters. The van der Waals surface area contributed by atoms with Crippen LogP contribution in [0.4, 0.5) is 13.2 Å². The number of hydrogen-bond donors (Lipinski definition) is 1. The van der Waals surface area contributed by atoms with Gasteiger partial charge in [0.2, 0.25) is 0 Å². The molecular weight excluding hydrogens is 621 g/mol. The van der Waals surface area contributed by atoms with Crippen LogP contribution in [0.1, 0.15) is 137 Å². The van der Waals surface area contributed by atoms with Crippen LogP contribution in [0.5, 0.6) is 0 Å². The first kappa shape index (κ1) is 35.3. The minimum Gasteiger partial charge on any atom is -0.481 e. The Labute approximate surface area is 282 Å². The number of halogens is 3. The third-order valence-corrected chi connectivity index (χ3v) is 15.6. The monoisotopic (exact) mass is 674 g/mol. The second kappa shape index (κ2) is 11.0. The normalized spacial score (nSPS) is 39.7. The average Bonchev–Trinajstić information content (AvgIpc) is 3.40. The number of ether oxygens (including phenoxy) is 2. The molecule has 266 valence electrons. The van der Waals surface area contributed by atoms with Gasteiger partial charge in [-0.15, -0.1) is 0 Å². The van der Waals surface area contributed by atoms with Gasteiger partial charge in [-0.25, -0.2) is 9.59 Å². The zero-order chi connectivity index (χ0) is 35.6. The molecule has 6 rings (SSSR count). The lowest BCUT2D eigenvalue weighted by Gasteiger charge is -2.72. The molecular formula is C39H53F3O6. The van der Waals surface area contributed by atoms with Gasteiger partial charge in [0.15, 0.2) is 0 Å². The molecule has 5 aliphatic rings. The fourth-order valence-corrected chi connectivity index (χ4v) is 13.6. The standard InChI is InChI=1S/C39H53F3O6/c1-20(2)21-12-15-38(33(45)46)17-16-36(6)24(29(21)38)10-11-27-35(5)19-23-25(39(40,41)42)18-22(31(43)47-8)28(32(44)48-9)30(23)34(3,4)26(35)13-14-37(27,36)7/h18,20-21,24,26-27,29H,10-17,19H2,1-9H3,(H,45,46)/t21-,24+,26-,27+,29+,35-,36+,37+,38-/m0/s1. The van der Waals surface area contributed by atoms with E-state index in [2.05, 4.69) is 34.6 Å². The maximum atomic E-state index is 15.0. The number of aliphatic carboxylic acids is 1. The Morgan fingerprint density at radius 2 is 1.50 bits per heavy atom. The number of benzene rings is 1. The van der Waals surface area contributed by atoms with E-state index in [1.165, 1.54) is 7.11 Å². The van der Waals surface area contributed by atoms with Crippen LogP contribution < -0.4 is 0 Å². The summed E-state index contributed by atoms with van der Waals surface area (Å²) in [5.74, 6) is -1.41. The molecule has 0 amide bonds. The van der Waals surface area contributed by atoms with E-state index in [1.807, 2.05) is 13.8 Å². The molecule has 1 aromatic carbocycles. The smallest absolute Gasteiger partial charge is 0.416 e. The largest absolute Gasteiger partial charge is 0.481 e. The lowest BCUT2D eigenvalue weighted by atomic mass is 9.32. The van der Waals surface area contributed by atoms with Gasteiger partial charge in [0.1, 0.15) is 0 Å². The summed E-state index contributed by atoms with van der Waals surface area (Å²) in [6.07, 6.45) is 1.82. The van der Waals surface area contributed by atoms with Crippen LogP contribution in [0.2, 0.25) is 0 Å². The highest BCUT2D eigenvalue weighted by molar-refractivity contribution is 6.05. The number of rotatable bonds is 4. The van der Waals surface area contributed by atoms with Crippen molar-refractivity contribution in [2.75, 3.05) is 14.2 Å². The van der Waals surface area contributed by atoms with Gasteiger partial charge in [-0.3, -0.25) is 4.79 Å². The second-order valence-corrected chi connectivity index (χ2v) is 17.7. The number of fused-ring (bicyclic) bond motifs is 8. The van der Waals surface area contributed by atoms with Crippen molar-refractivity contribution in [2.45, 2.75) is 118 Å². The van der Waals surface area contributed by atoms with Gasteiger partial charge in [0.05, 0.1) is 36.3 Å². The number of carboxylic acid groups (broad SMARTS) is 1. The summed E-state index contributed by atoms with van der Waals surface area (Å²) in [6, 6.07) is 0.801. The molecule has 0 saturated heterocycles. The van der Waals surface area contributed by atoms with Crippen molar-refractivity contribution in [2.24, 2.45) is 57.2 Å². The highest BCUT2D eigenvalue weighted by atomic mass is 19.4. The summed E-state index contributed by atoms with van der Waals surface area (Å²) >= 11 is 0. The average molecular weight is 675 g/mol. The fourth-order valence-electron chi connectivity index (χ4n) is 13.6. The van der Waals surface area contributed by atoms with E-state index in [-0.39, 0.29) is 57.6 Å². The van der Waals surface area contributed by atoms with Crippen molar-refractivity contribution < 1.29 is 42.1 Å². The summed E-state index contributed by atoms with van der Waals surface area (Å²) in [5.41, 5.74) is -3.58. The number of carbonyl (C=O) groups excluding carboxylic acids is 2. The van der Waals surface area contributed by atoms with Crippen molar-refractivity contribution in [3.05, 3.63) is 33.9 Å². The maximum Gasteiger partial charge on any atom is 0.416 e. The Hall–Kier alpha value is -2.58. The van der Waals surface area contributed by atoms with E-state index in [1.54, 1.807) is 0 Å². The predicted molar refractivity (Wildman–Crippen MR) is 174 cm³/mol. The number of esters is 2. The Kier molecular flexibility index (Phi) is 8.05. The Balaban J connectivity index is 1.52. The van der Waals surface area contributed by atoms with Crippen LogP contribution in [0.3, 0.4) is 0 Å². The minimum absolute atomic E-state index is 0.0651. The number of methoxy groups -OCH3 is 2. The van der Waals surface area contributed by atoms with E-state index >= 15 is 13.2 Å². The Bertz CT molecular complexity index is 1550. The van der Waals surface area contributed by atoms with Gasteiger partial charge in [0.25, 0.3) is 0 Å². The zero-order valence-electron chi connectivity index (χ0n) is 30.0. The molecule has 0 spiro atoms. The summed E-state index contributed by atoms with van der Waals surface area (Å²) in [5, 5.41) is 10.7. The van der Waals surface area contributed by atoms with Crippen molar-refractivity contribution in [3.63, 3.8) is 0 Å². The molecule has 4 saturated carbocycles. The molecule has 1 N–H and O–H groups in total. The van der Waals surface area contributed by atoms with E-state index < -0.39 is 51.5 Å². The minimum atomic E-state index is -4.76. The van der Waals surface area contributed by atoms with Crippen LogP contribution in [0, 0.1) is 57.2 Å². The molecule has 0 aromatic heterocycles. The molecule has 5 aliphatic carbocycles. The summed E-state index contributed by atoms with van der Waals surface area (Å²) in [6.45, 7) is 15.2. The van der Waals surface area contributed by atoms with Crippen molar-refractivity contribution in [1.29, 1.82) is 0 Å². The molecule has 1 aromatic rings. The lowest BCUT2D eigenvalue weighted by molar-refractivity contribution is -0.230. The summed E-state index contributed by atoms with van der Waals surface area (Å²) in [7, 11) is 2.27. The predicted octanol–water partition coefficient (Wildman–Crippen LogP) is 9.11. The number of alkyl halides is 3. The van der Waals surface area contributed by atoms with E-state index in [0.717, 1.165) is 58.1 Å². The molecule has 0 aliphatic heterocycles. The van der Waals surface area contributed by atoms with E-state index in [0.29, 0.717) is 18.3 Å². The van der Waals surface area contributed by atoms with Crippen LogP contribution >= 0.6 is 0 Å². The highest BCUT2D eigenvalue weighted by Crippen LogP contribution is 2.77. The second-order valence-electron chi connectivity index (χ2n) is 17.7. The van der Waals surface area contributed by atoms with Crippen molar-refractivity contribution >= 4 is 17.9 Å². The van der Waals surface area contributed by atoms with Crippen LogP contribution in [0.25, 0.3) is 0 Å². The molecule has 0 heterocycles. The molecule has 48 heavy (non-hydrogen) atoms. The van der Waals surface area contributed by atoms with Gasteiger partial charge in [-0.05, 0) is 132 Å². The molecule has 0 unspecified atom stereocenters.